The minimum atomic E-state index is -0.518. The highest BCUT2D eigenvalue weighted by Crippen LogP contribution is 2.20. The van der Waals surface area contributed by atoms with E-state index in [4.69, 9.17) is 4.74 Å². The number of aromatic nitrogens is 1. The van der Waals surface area contributed by atoms with E-state index < -0.39 is 11.6 Å². The fourth-order valence-corrected chi connectivity index (χ4v) is 1.64. The van der Waals surface area contributed by atoms with Gasteiger partial charge in [0.15, 0.2) is 0 Å². The number of rotatable bonds is 5. The summed E-state index contributed by atoms with van der Waals surface area (Å²) in [5.41, 5.74) is 0.408. The fraction of sp³-hybridized carbons (Fsp3) is 0.571. The van der Waals surface area contributed by atoms with Crippen LogP contribution in [0.4, 0.5) is 10.6 Å². The molecule has 0 unspecified atom stereocenters. The van der Waals surface area contributed by atoms with E-state index in [-0.39, 0.29) is 0 Å². The van der Waals surface area contributed by atoms with E-state index >= 15 is 0 Å². The number of ether oxygens (including phenoxy) is 1. The SMILES string of the molecule is CCOC(=O)NC(C)(C)c1ccc(NC(C)C)nc1. The van der Waals surface area contributed by atoms with Crippen molar-refractivity contribution in [3.8, 4) is 0 Å². The third kappa shape index (κ3) is 4.77. The molecule has 0 fully saturated rings. The summed E-state index contributed by atoms with van der Waals surface area (Å²) < 4.78 is 4.89. The Balaban J connectivity index is 2.75. The summed E-state index contributed by atoms with van der Waals surface area (Å²) in [6, 6.07) is 4.19. The molecule has 2 N–H and O–H groups in total. The molecule has 0 bridgehead atoms. The number of amides is 1. The van der Waals surface area contributed by atoms with Crippen molar-refractivity contribution in [1.29, 1.82) is 0 Å². The molecule has 1 aromatic heterocycles. The van der Waals surface area contributed by atoms with Gasteiger partial charge in [-0.1, -0.05) is 6.07 Å². The Bertz CT molecular complexity index is 413. The van der Waals surface area contributed by atoms with Gasteiger partial charge in [-0.05, 0) is 46.2 Å². The van der Waals surface area contributed by atoms with Crippen LogP contribution in [0.3, 0.4) is 0 Å². The Morgan fingerprint density at radius 1 is 1.42 bits per heavy atom. The van der Waals surface area contributed by atoms with Crippen LogP contribution in [-0.2, 0) is 10.3 Å². The Kier molecular flexibility index (Phi) is 5.15. The number of pyridine rings is 1. The summed E-state index contributed by atoms with van der Waals surface area (Å²) in [5.74, 6) is 0.825. The van der Waals surface area contributed by atoms with Crippen LogP contribution in [-0.4, -0.2) is 23.7 Å². The molecule has 1 rings (SSSR count). The zero-order valence-corrected chi connectivity index (χ0v) is 12.3. The molecule has 1 heterocycles. The average molecular weight is 265 g/mol. The van der Waals surface area contributed by atoms with Gasteiger partial charge < -0.3 is 15.4 Å². The van der Waals surface area contributed by atoms with E-state index in [2.05, 4.69) is 29.5 Å². The van der Waals surface area contributed by atoms with Gasteiger partial charge in [-0.3, -0.25) is 0 Å². The van der Waals surface area contributed by atoms with Gasteiger partial charge in [0, 0.05) is 12.2 Å². The molecule has 5 nitrogen and oxygen atoms in total. The Hall–Kier alpha value is -1.78. The van der Waals surface area contributed by atoms with Crippen molar-refractivity contribution in [3.05, 3.63) is 23.9 Å². The zero-order chi connectivity index (χ0) is 14.5. The third-order valence-corrected chi connectivity index (χ3v) is 2.61. The van der Waals surface area contributed by atoms with Crippen molar-refractivity contribution >= 4 is 11.9 Å². The van der Waals surface area contributed by atoms with Crippen molar-refractivity contribution < 1.29 is 9.53 Å². The Labute approximate surface area is 114 Å². The van der Waals surface area contributed by atoms with Gasteiger partial charge >= 0.3 is 6.09 Å². The van der Waals surface area contributed by atoms with Gasteiger partial charge in [0.1, 0.15) is 5.82 Å². The topological polar surface area (TPSA) is 63.2 Å². The second kappa shape index (κ2) is 6.41. The van der Waals surface area contributed by atoms with Crippen molar-refractivity contribution in [2.45, 2.75) is 46.2 Å². The van der Waals surface area contributed by atoms with E-state index in [1.54, 1.807) is 13.1 Å². The van der Waals surface area contributed by atoms with E-state index in [1.165, 1.54) is 0 Å². The van der Waals surface area contributed by atoms with Gasteiger partial charge in [0.25, 0.3) is 0 Å². The normalized spacial score (nSPS) is 11.3. The summed E-state index contributed by atoms with van der Waals surface area (Å²) in [6.45, 7) is 10.1. The summed E-state index contributed by atoms with van der Waals surface area (Å²) in [5, 5.41) is 6.03. The lowest BCUT2D eigenvalue weighted by Crippen LogP contribution is -2.41. The second-order valence-electron chi connectivity index (χ2n) is 5.20. The first-order chi connectivity index (χ1) is 8.85. The predicted molar refractivity (Wildman–Crippen MR) is 76.2 cm³/mol. The molecule has 1 aromatic rings. The van der Waals surface area contributed by atoms with Crippen molar-refractivity contribution in [2.24, 2.45) is 0 Å². The summed E-state index contributed by atoms with van der Waals surface area (Å²) in [7, 11) is 0. The molecule has 0 aliphatic heterocycles. The lowest BCUT2D eigenvalue weighted by atomic mass is 9.96. The number of hydrogen-bond acceptors (Lipinski definition) is 4. The number of carbonyl (C=O) groups is 1. The van der Waals surface area contributed by atoms with Crippen molar-refractivity contribution in [1.82, 2.24) is 10.3 Å². The van der Waals surface area contributed by atoms with Crippen LogP contribution in [0.1, 0.15) is 40.2 Å². The minimum Gasteiger partial charge on any atom is -0.450 e. The average Bonchev–Trinajstić information content (AvgIpc) is 2.28. The number of alkyl carbamates (subject to hydrolysis) is 1. The molecule has 0 spiro atoms. The highest BCUT2D eigenvalue weighted by molar-refractivity contribution is 5.68. The number of anilines is 1. The first-order valence-electron chi connectivity index (χ1n) is 6.53. The lowest BCUT2D eigenvalue weighted by molar-refractivity contribution is 0.141. The highest BCUT2D eigenvalue weighted by Gasteiger charge is 2.23. The fourth-order valence-electron chi connectivity index (χ4n) is 1.64. The highest BCUT2D eigenvalue weighted by atomic mass is 16.5. The minimum absolute atomic E-state index is 0.337. The van der Waals surface area contributed by atoms with Crippen LogP contribution in [0.2, 0.25) is 0 Å². The molecule has 0 aliphatic carbocycles. The van der Waals surface area contributed by atoms with Crippen molar-refractivity contribution in [2.75, 3.05) is 11.9 Å². The molecular weight excluding hydrogens is 242 g/mol. The summed E-state index contributed by atoms with van der Waals surface area (Å²) >= 11 is 0. The van der Waals surface area contributed by atoms with Gasteiger partial charge in [0.2, 0.25) is 0 Å². The molecule has 19 heavy (non-hydrogen) atoms. The van der Waals surface area contributed by atoms with Crippen LogP contribution in [0.25, 0.3) is 0 Å². The van der Waals surface area contributed by atoms with Crippen LogP contribution >= 0.6 is 0 Å². The maximum absolute atomic E-state index is 11.5. The molecule has 5 heteroatoms. The molecule has 1 amide bonds. The number of hydrogen-bond donors (Lipinski definition) is 2. The monoisotopic (exact) mass is 265 g/mol. The van der Waals surface area contributed by atoms with E-state index in [0.29, 0.717) is 12.6 Å². The van der Waals surface area contributed by atoms with E-state index in [0.717, 1.165) is 11.4 Å². The van der Waals surface area contributed by atoms with Crippen LogP contribution in [0.5, 0.6) is 0 Å². The number of nitrogens with zero attached hydrogens (tertiary/aromatic N) is 1. The molecule has 0 aromatic carbocycles. The molecule has 0 saturated carbocycles. The van der Waals surface area contributed by atoms with Crippen molar-refractivity contribution in [3.63, 3.8) is 0 Å². The molecule has 0 radical (unpaired) electrons. The standard InChI is InChI=1S/C14H23N3O2/c1-6-19-13(18)17-14(4,5)11-7-8-12(15-9-11)16-10(2)3/h7-10H,6H2,1-5H3,(H,15,16)(H,17,18). The predicted octanol–water partition coefficient (Wildman–Crippen LogP) is 2.88. The summed E-state index contributed by atoms with van der Waals surface area (Å²) in [4.78, 5) is 15.8. The van der Waals surface area contributed by atoms with E-state index in [9.17, 15) is 4.79 Å². The van der Waals surface area contributed by atoms with Gasteiger partial charge in [-0.25, -0.2) is 9.78 Å². The Morgan fingerprint density at radius 3 is 2.58 bits per heavy atom. The molecule has 106 valence electrons. The van der Waals surface area contributed by atoms with Crippen LogP contribution in [0.15, 0.2) is 18.3 Å². The van der Waals surface area contributed by atoms with Gasteiger partial charge in [-0.15, -0.1) is 0 Å². The summed E-state index contributed by atoms with van der Waals surface area (Å²) in [6.07, 6.45) is 1.34. The zero-order valence-electron chi connectivity index (χ0n) is 12.3. The van der Waals surface area contributed by atoms with Gasteiger partial charge in [-0.2, -0.15) is 0 Å². The smallest absolute Gasteiger partial charge is 0.407 e. The first-order valence-corrected chi connectivity index (χ1v) is 6.53. The second-order valence-corrected chi connectivity index (χ2v) is 5.20. The third-order valence-electron chi connectivity index (χ3n) is 2.61. The molecule has 0 saturated heterocycles. The maximum atomic E-state index is 11.5. The lowest BCUT2D eigenvalue weighted by Gasteiger charge is -2.26. The van der Waals surface area contributed by atoms with Crippen LogP contribution in [0, 0.1) is 0 Å². The first kappa shape index (κ1) is 15.3. The molecule has 0 atom stereocenters. The quantitative estimate of drug-likeness (QED) is 0.859. The molecular formula is C14H23N3O2. The van der Waals surface area contributed by atoms with Crippen LogP contribution < -0.4 is 10.6 Å². The number of nitrogens with one attached hydrogen (secondary N) is 2. The van der Waals surface area contributed by atoms with E-state index in [1.807, 2.05) is 26.0 Å². The number of carbonyl (C=O) groups excluding carboxylic acids is 1. The molecule has 0 aliphatic rings. The largest absolute Gasteiger partial charge is 0.450 e. The Morgan fingerprint density at radius 2 is 2.11 bits per heavy atom. The van der Waals surface area contributed by atoms with Gasteiger partial charge in [0.05, 0.1) is 12.1 Å². The maximum Gasteiger partial charge on any atom is 0.407 e.